The summed E-state index contributed by atoms with van der Waals surface area (Å²) in [6.07, 6.45) is 0.166. The molecule has 0 fully saturated rings. The van der Waals surface area contributed by atoms with Crippen molar-refractivity contribution in [3.05, 3.63) is 65.7 Å². The maximum absolute atomic E-state index is 12.3. The zero-order valence-corrected chi connectivity index (χ0v) is 15.7. The number of hydrogen-bond donors (Lipinski definition) is 3. The van der Waals surface area contributed by atoms with Crippen LogP contribution in [0.2, 0.25) is 0 Å². The fourth-order valence-electron chi connectivity index (χ4n) is 2.46. The standard InChI is InChI=1S/C20H21N3O6/c1-28-18(25)14-7-9-15(10-8-14)22-17(24)12-29-19(26)16(23-20(21)27)11-13-5-3-2-4-6-13/h2-10,16H,11-12H2,1H3,(H,22,24)(H3,21,23,27)/t16-/m0/s1. The van der Waals surface area contributed by atoms with Gasteiger partial charge in [-0.3, -0.25) is 4.79 Å². The molecule has 0 saturated carbocycles. The highest BCUT2D eigenvalue weighted by Gasteiger charge is 2.22. The van der Waals surface area contributed by atoms with Crippen LogP contribution in [-0.4, -0.2) is 43.6 Å². The first-order valence-electron chi connectivity index (χ1n) is 8.64. The molecule has 9 heteroatoms. The Bertz CT molecular complexity index is 868. The van der Waals surface area contributed by atoms with Crippen LogP contribution in [0.4, 0.5) is 10.5 Å². The number of anilines is 1. The van der Waals surface area contributed by atoms with E-state index in [1.54, 1.807) is 24.3 Å². The summed E-state index contributed by atoms with van der Waals surface area (Å²) in [7, 11) is 1.27. The summed E-state index contributed by atoms with van der Waals surface area (Å²) in [4.78, 5) is 46.8. The molecule has 0 spiro atoms. The summed E-state index contributed by atoms with van der Waals surface area (Å²) in [6, 6.07) is 13.1. The number of amides is 3. The van der Waals surface area contributed by atoms with E-state index in [1.165, 1.54) is 31.4 Å². The SMILES string of the molecule is COC(=O)c1ccc(NC(=O)COC(=O)[C@H](Cc2ccccc2)NC(N)=O)cc1. The Morgan fingerprint density at radius 1 is 1.00 bits per heavy atom. The normalized spacial score (nSPS) is 11.1. The van der Waals surface area contributed by atoms with Gasteiger partial charge < -0.3 is 25.8 Å². The van der Waals surface area contributed by atoms with E-state index in [2.05, 4.69) is 15.4 Å². The molecule has 0 saturated heterocycles. The number of rotatable bonds is 8. The van der Waals surface area contributed by atoms with Gasteiger partial charge >= 0.3 is 18.0 Å². The van der Waals surface area contributed by atoms with Gasteiger partial charge in [0, 0.05) is 12.1 Å². The molecule has 0 aliphatic heterocycles. The first-order valence-corrected chi connectivity index (χ1v) is 8.64. The van der Waals surface area contributed by atoms with Gasteiger partial charge in [-0.25, -0.2) is 14.4 Å². The largest absolute Gasteiger partial charge is 0.465 e. The van der Waals surface area contributed by atoms with Crippen molar-refractivity contribution >= 4 is 29.6 Å². The van der Waals surface area contributed by atoms with Crippen molar-refractivity contribution in [3.63, 3.8) is 0 Å². The van der Waals surface area contributed by atoms with Gasteiger partial charge in [0.05, 0.1) is 12.7 Å². The number of esters is 2. The van der Waals surface area contributed by atoms with Crippen molar-refractivity contribution in [2.45, 2.75) is 12.5 Å². The van der Waals surface area contributed by atoms with Gasteiger partial charge in [-0.05, 0) is 29.8 Å². The molecule has 4 N–H and O–H groups in total. The summed E-state index contributed by atoms with van der Waals surface area (Å²) in [6.45, 7) is -0.552. The molecule has 0 unspecified atom stereocenters. The molecule has 9 nitrogen and oxygen atoms in total. The molecule has 2 aromatic rings. The lowest BCUT2D eigenvalue weighted by Gasteiger charge is -2.16. The van der Waals surface area contributed by atoms with E-state index in [9.17, 15) is 19.2 Å². The minimum absolute atomic E-state index is 0.166. The van der Waals surface area contributed by atoms with Gasteiger partial charge in [-0.15, -0.1) is 0 Å². The third-order valence-electron chi connectivity index (χ3n) is 3.82. The molecule has 0 aromatic heterocycles. The third-order valence-corrected chi connectivity index (χ3v) is 3.82. The van der Waals surface area contributed by atoms with E-state index < -0.39 is 36.5 Å². The molecule has 152 valence electrons. The van der Waals surface area contributed by atoms with Crippen LogP contribution in [0.1, 0.15) is 15.9 Å². The van der Waals surface area contributed by atoms with E-state index >= 15 is 0 Å². The fraction of sp³-hybridized carbons (Fsp3) is 0.200. The minimum Gasteiger partial charge on any atom is -0.465 e. The summed E-state index contributed by atoms with van der Waals surface area (Å²) in [5.41, 5.74) is 6.65. The van der Waals surface area contributed by atoms with E-state index in [-0.39, 0.29) is 6.42 Å². The van der Waals surface area contributed by atoms with Gasteiger partial charge in [0.2, 0.25) is 0 Å². The van der Waals surface area contributed by atoms with Crippen LogP contribution in [0, 0.1) is 0 Å². The topological polar surface area (TPSA) is 137 Å². The molecule has 3 amide bonds. The summed E-state index contributed by atoms with van der Waals surface area (Å²) < 4.78 is 9.59. The summed E-state index contributed by atoms with van der Waals surface area (Å²) in [5, 5.41) is 4.84. The Morgan fingerprint density at radius 2 is 1.66 bits per heavy atom. The highest BCUT2D eigenvalue weighted by atomic mass is 16.5. The van der Waals surface area contributed by atoms with E-state index in [4.69, 9.17) is 10.5 Å². The van der Waals surface area contributed by atoms with Crippen molar-refractivity contribution in [1.82, 2.24) is 5.32 Å². The molecule has 1 atom stereocenters. The average molecular weight is 399 g/mol. The summed E-state index contributed by atoms with van der Waals surface area (Å²) >= 11 is 0. The second-order valence-corrected chi connectivity index (χ2v) is 5.98. The number of carbonyl (C=O) groups excluding carboxylic acids is 4. The number of hydrogen-bond acceptors (Lipinski definition) is 6. The lowest BCUT2D eigenvalue weighted by molar-refractivity contribution is -0.149. The van der Waals surface area contributed by atoms with Crippen molar-refractivity contribution in [2.24, 2.45) is 5.73 Å². The fourth-order valence-corrected chi connectivity index (χ4v) is 2.46. The Morgan fingerprint density at radius 3 is 2.24 bits per heavy atom. The molecule has 0 heterocycles. The first-order chi connectivity index (χ1) is 13.9. The predicted molar refractivity (Wildman–Crippen MR) is 104 cm³/mol. The second kappa shape index (κ2) is 10.5. The first kappa shape index (κ1) is 21.4. The third kappa shape index (κ3) is 6.98. The lowest BCUT2D eigenvalue weighted by atomic mass is 10.1. The maximum Gasteiger partial charge on any atom is 0.337 e. The maximum atomic E-state index is 12.3. The molecule has 0 bridgehead atoms. The van der Waals surface area contributed by atoms with Crippen LogP contribution in [0.15, 0.2) is 54.6 Å². The van der Waals surface area contributed by atoms with Gasteiger partial charge in [-0.2, -0.15) is 0 Å². The number of methoxy groups -OCH3 is 1. The highest BCUT2D eigenvalue weighted by molar-refractivity contribution is 5.94. The number of benzene rings is 2. The van der Waals surface area contributed by atoms with Crippen LogP contribution in [0.25, 0.3) is 0 Å². The number of nitrogens with two attached hydrogens (primary N) is 1. The number of carbonyl (C=O) groups is 4. The predicted octanol–water partition coefficient (Wildman–Crippen LogP) is 1.23. The molecular formula is C20H21N3O6. The molecule has 29 heavy (non-hydrogen) atoms. The monoisotopic (exact) mass is 399 g/mol. The van der Waals surface area contributed by atoms with Crippen LogP contribution in [-0.2, 0) is 25.5 Å². The molecule has 0 aliphatic rings. The Labute approximate surface area is 167 Å². The highest BCUT2D eigenvalue weighted by Crippen LogP contribution is 2.10. The van der Waals surface area contributed by atoms with Gasteiger partial charge in [-0.1, -0.05) is 30.3 Å². The molecule has 0 radical (unpaired) electrons. The number of ether oxygens (including phenoxy) is 2. The summed E-state index contributed by atoms with van der Waals surface area (Å²) in [5.74, 6) is -1.87. The lowest BCUT2D eigenvalue weighted by Crippen LogP contribution is -2.46. The Hall–Kier alpha value is -3.88. The molecule has 2 rings (SSSR count). The smallest absolute Gasteiger partial charge is 0.337 e. The molecular weight excluding hydrogens is 378 g/mol. The van der Waals surface area contributed by atoms with Crippen molar-refractivity contribution in [3.8, 4) is 0 Å². The average Bonchev–Trinajstić information content (AvgIpc) is 2.72. The van der Waals surface area contributed by atoms with Crippen LogP contribution >= 0.6 is 0 Å². The molecule has 2 aromatic carbocycles. The van der Waals surface area contributed by atoms with Gasteiger partial charge in [0.25, 0.3) is 5.91 Å². The number of urea groups is 1. The van der Waals surface area contributed by atoms with Crippen molar-refractivity contribution in [2.75, 3.05) is 19.0 Å². The quantitative estimate of drug-likeness (QED) is 0.571. The van der Waals surface area contributed by atoms with Crippen LogP contribution in [0.5, 0.6) is 0 Å². The van der Waals surface area contributed by atoms with Crippen molar-refractivity contribution in [1.29, 1.82) is 0 Å². The second-order valence-electron chi connectivity index (χ2n) is 5.98. The van der Waals surface area contributed by atoms with Crippen molar-refractivity contribution < 1.29 is 28.7 Å². The van der Waals surface area contributed by atoms with Crippen LogP contribution in [0.3, 0.4) is 0 Å². The van der Waals surface area contributed by atoms with Gasteiger partial charge in [0.1, 0.15) is 6.04 Å². The van der Waals surface area contributed by atoms with Gasteiger partial charge in [0.15, 0.2) is 6.61 Å². The molecule has 0 aliphatic carbocycles. The zero-order chi connectivity index (χ0) is 21.2. The van der Waals surface area contributed by atoms with E-state index in [0.717, 1.165) is 5.56 Å². The van der Waals surface area contributed by atoms with Crippen LogP contribution < -0.4 is 16.4 Å². The minimum atomic E-state index is -1.03. The number of nitrogens with one attached hydrogen (secondary N) is 2. The number of primary amides is 1. The van der Waals surface area contributed by atoms with E-state index in [0.29, 0.717) is 11.3 Å². The Kier molecular flexibility index (Phi) is 7.72. The zero-order valence-electron chi connectivity index (χ0n) is 15.7. The van der Waals surface area contributed by atoms with E-state index in [1.807, 2.05) is 6.07 Å². The Balaban J connectivity index is 1.90.